The van der Waals surface area contributed by atoms with E-state index in [1.54, 1.807) is 6.08 Å². The molecule has 1 aliphatic heterocycles. The van der Waals surface area contributed by atoms with Gasteiger partial charge in [0.25, 0.3) is 5.91 Å². The van der Waals surface area contributed by atoms with Crippen LogP contribution in [0.25, 0.3) is 6.08 Å². The molecule has 29 heavy (non-hydrogen) atoms. The zero-order valence-corrected chi connectivity index (χ0v) is 19.6. The summed E-state index contributed by atoms with van der Waals surface area (Å²) < 4.78 is 12.6. The van der Waals surface area contributed by atoms with E-state index in [1.807, 2.05) is 49.4 Å². The Morgan fingerprint density at radius 3 is 2.48 bits per heavy atom. The van der Waals surface area contributed by atoms with Crippen LogP contribution in [0, 0.1) is 0 Å². The summed E-state index contributed by atoms with van der Waals surface area (Å²) in [7, 11) is 0. The van der Waals surface area contributed by atoms with Crippen molar-refractivity contribution in [2.75, 3.05) is 13.2 Å². The van der Waals surface area contributed by atoms with Gasteiger partial charge in [0.15, 0.2) is 5.17 Å². The van der Waals surface area contributed by atoms with E-state index in [2.05, 4.69) is 48.7 Å². The third kappa shape index (κ3) is 5.74. The third-order valence-electron chi connectivity index (χ3n) is 3.69. The maximum atomic E-state index is 12.3. The molecular weight excluding hydrogens is 520 g/mol. The lowest BCUT2D eigenvalue weighted by Gasteiger charge is -2.09. The van der Waals surface area contributed by atoms with E-state index >= 15 is 0 Å². The van der Waals surface area contributed by atoms with Gasteiger partial charge in [0.2, 0.25) is 0 Å². The lowest BCUT2D eigenvalue weighted by molar-refractivity contribution is -0.115. The fraction of sp³-hybridized carbons (Fsp3) is 0.143. The van der Waals surface area contributed by atoms with Gasteiger partial charge >= 0.3 is 0 Å². The Balaban J connectivity index is 1.77. The van der Waals surface area contributed by atoms with Gasteiger partial charge in [-0.1, -0.05) is 12.7 Å². The number of nitrogens with zero attached hydrogens (tertiary/aromatic N) is 1. The molecule has 2 aromatic carbocycles. The molecule has 0 radical (unpaired) electrons. The molecule has 0 spiro atoms. The van der Waals surface area contributed by atoms with Crippen LogP contribution < -0.4 is 14.8 Å². The van der Waals surface area contributed by atoms with Gasteiger partial charge in [-0.15, -0.1) is 0 Å². The lowest BCUT2D eigenvalue weighted by atomic mass is 10.2. The first-order chi connectivity index (χ1) is 14.0. The second-order valence-electron chi connectivity index (χ2n) is 5.82. The van der Waals surface area contributed by atoms with Crippen LogP contribution in [-0.2, 0) is 4.79 Å². The number of aliphatic imine (C=N–C) groups is 1. The van der Waals surface area contributed by atoms with E-state index in [-0.39, 0.29) is 5.91 Å². The van der Waals surface area contributed by atoms with E-state index in [1.165, 1.54) is 11.8 Å². The van der Waals surface area contributed by atoms with Crippen molar-refractivity contribution < 1.29 is 14.3 Å². The fourth-order valence-electron chi connectivity index (χ4n) is 2.48. The van der Waals surface area contributed by atoms with E-state index in [0.29, 0.717) is 29.0 Å². The van der Waals surface area contributed by atoms with Gasteiger partial charge in [-0.3, -0.25) is 4.79 Å². The third-order valence-corrected chi connectivity index (χ3v) is 5.78. The molecule has 0 unspecified atom stereocenters. The van der Waals surface area contributed by atoms with E-state index in [0.717, 1.165) is 25.9 Å². The van der Waals surface area contributed by atoms with Crippen molar-refractivity contribution in [3.8, 4) is 11.5 Å². The molecule has 0 saturated carbocycles. The molecule has 150 valence electrons. The number of hydrogen-bond acceptors (Lipinski definition) is 5. The highest BCUT2D eigenvalue weighted by Gasteiger charge is 2.24. The zero-order valence-electron chi connectivity index (χ0n) is 15.6. The van der Waals surface area contributed by atoms with Crippen LogP contribution in [0.5, 0.6) is 11.5 Å². The normalized spacial score (nSPS) is 16.2. The summed E-state index contributed by atoms with van der Waals surface area (Å²) in [6.07, 6.45) is 3.49. The minimum atomic E-state index is -0.182. The number of amides is 1. The number of nitrogens with one attached hydrogen (secondary N) is 1. The number of hydrogen-bond donors (Lipinski definition) is 1. The van der Waals surface area contributed by atoms with Crippen molar-refractivity contribution >= 4 is 66.5 Å². The first kappa shape index (κ1) is 21.7. The average Bonchev–Trinajstić information content (AvgIpc) is 3.02. The number of carbonyl (C=O) groups is 1. The Labute approximate surface area is 190 Å². The van der Waals surface area contributed by atoms with Crippen LogP contribution in [-0.4, -0.2) is 24.3 Å². The number of ether oxygens (including phenoxy) is 2. The molecule has 1 amide bonds. The van der Waals surface area contributed by atoms with Gasteiger partial charge in [-0.25, -0.2) is 4.99 Å². The second-order valence-corrected chi connectivity index (χ2v) is 8.56. The number of rotatable bonds is 7. The zero-order chi connectivity index (χ0) is 20.8. The molecule has 0 aromatic heterocycles. The Morgan fingerprint density at radius 1 is 1.17 bits per heavy atom. The highest BCUT2D eigenvalue weighted by Crippen LogP contribution is 2.36. The molecule has 1 aliphatic rings. The fourth-order valence-corrected chi connectivity index (χ4v) is 4.77. The summed E-state index contributed by atoms with van der Waals surface area (Å²) in [5.41, 5.74) is 1.60. The monoisotopic (exact) mass is 536 g/mol. The first-order valence-corrected chi connectivity index (χ1v) is 11.2. The summed E-state index contributed by atoms with van der Waals surface area (Å²) in [6.45, 7) is 6.60. The van der Waals surface area contributed by atoms with Crippen LogP contribution in [0.4, 0.5) is 5.69 Å². The van der Waals surface area contributed by atoms with Gasteiger partial charge in [0.1, 0.15) is 18.1 Å². The largest absolute Gasteiger partial charge is 0.494 e. The Kier molecular flexibility index (Phi) is 7.57. The first-order valence-electron chi connectivity index (χ1n) is 8.75. The van der Waals surface area contributed by atoms with Gasteiger partial charge in [0.05, 0.1) is 26.1 Å². The summed E-state index contributed by atoms with van der Waals surface area (Å²) in [5.74, 6) is 1.30. The quantitative estimate of drug-likeness (QED) is 0.344. The minimum Gasteiger partial charge on any atom is -0.494 e. The van der Waals surface area contributed by atoms with Gasteiger partial charge < -0.3 is 14.8 Å². The highest BCUT2D eigenvalue weighted by atomic mass is 79.9. The van der Waals surface area contributed by atoms with Crippen LogP contribution in [0.15, 0.2) is 67.9 Å². The van der Waals surface area contributed by atoms with Gasteiger partial charge in [0, 0.05) is 0 Å². The molecular formula is C21H18Br2N2O3S. The number of carbonyl (C=O) groups excluding carboxylic acids is 1. The van der Waals surface area contributed by atoms with Gasteiger partial charge in [-0.05, 0) is 98.6 Å². The predicted octanol–water partition coefficient (Wildman–Crippen LogP) is 6.07. The summed E-state index contributed by atoms with van der Waals surface area (Å²) in [4.78, 5) is 17.4. The number of halogens is 2. The van der Waals surface area contributed by atoms with Crippen molar-refractivity contribution in [3.05, 3.63) is 68.5 Å². The number of benzene rings is 2. The van der Waals surface area contributed by atoms with E-state index < -0.39 is 0 Å². The molecule has 3 rings (SSSR count). The van der Waals surface area contributed by atoms with Gasteiger partial charge in [-0.2, -0.15) is 0 Å². The van der Waals surface area contributed by atoms with Crippen LogP contribution >= 0.6 is 43.6 Å². The lowest BCUT2D eigenvalue weighted by Crippen LogP contribution is -2.19. The van der Waals surface area contributed by atoms with Crippen molar-refractivity contribution in [2.24, 2.45) is 4.99 Å². The molecule has 2 aromatic rings. The summed E-state index contributed by atoms with van der Waals surface area (Å²) in [6, 6.07) is 11.2. The molecule has 0 atom stereocenters. The van der Waals surface area contributed by atoms with Crippen molar-refractivity contribution in [1.29, 1.82) is 0 Å². The summed E-state index contributed by atoms with van der Waals surface area (Å²) in [5, 5.41) is 3.33. The number of thioether (sulfide) groups is 1. The topological polar surface area (TPSA) is 59.9 Å². The van der Waals surface area contributed by atoms with Crippen molar-refractivity contribution in [1.82, 2.24) is 5.32 Å². The van der Waals surface area contributed by atoms with E-state index in [9.17, 15) is 4.79 Å². The molecule has 5 nitrogen and oxygen atoms in total. The van der Waals surface area contributed by atoms with Crippen molar-refractivity contribution in [2.45, 2.75) is 6.92 Å². The molecule has 0 bridgehead atoms. The van der Waals surface area contributed by atoms with E-state index in [4.69, 9.17) is 9.47 Å². The smallest absolute Gasteiger partial charge is 0.264 e. The second kappa shape index (κ2) is 10.1. The van der Waals surface area contributed by atoms with Crippen LogP contribution in [0.3, 0.4) is 0 Å². The predicted molar refractivity (Wildman–Crippen MR) is 126 cm³/mol. The molecule has 0 aliphatic carbocycles. The molecule has 1 fully saturated rings. The summed E-state index contributed by atoms with van der Waals surface area (Å²) >= 11 is 8.31. The average molecular weight is 538 g/mol. The molecule has 1 saturated heterocycles. The molecule has 1 heterocycles. The Morgan fingerprint density at radius 2 is 1.86 bits per heavy atom. The molecule has 8 heteroatoms. The van der Waals surface area contributed by atoms with Crippen LogP contribution in [0.2, 0.25) is 0 Å². The van der Waals surface area contributed by atoms with Crippen molar-refractivity contribution in [3.63, 3.8) is 0 Å². The van der Waals surface area contributed by atoms with Crippen LogP contribution in [0.1, 0.15) is 12.5 Å². The molecule has 1 N–H and O–H groups in total. The number of amidine groups is 1. The maximum absolute atomic E-state index is 12.3. The Bertz CT molecular complexity index is 965. The Hall–Kier alpha value is -2.03. The SMILES string of the molecule is C=CCOc1c(Br)cc(C=C2SC(=Nc3ccc(OCC)cc3)NC2=O)cc1Br. The highest BCUT2D eigenvalue weighted by molar-refractivity contribution is 9.11. The minimum absolute atomic E-state index is 0.182. The maximum Gasteiger partial charge on any atom is 0.264 e. The standard InChI is InChI=1S/C21H18Br2N2O3S/c1-3-9-28-19-16(22)10-13(11-17(19)23)12-18-20(26)25-21(29-18)24-14-5-7-15(8-6-14)27-4-2/h3,5-8,10-12H,1,4,9H2,2H3,(H,24,25,26).